The molecule has 0 saturated carbocycles. The van der Waals surface area contributed by atoms with Crippen LogP contribution in [0.15, 0.2) is 12.1 Å². The van der Waals surface area contributed by atoms with E-state index < -0.39 is 0 Å². The number of ether oxygens (including phenoxy) is 5. The van der Waals surface area contributed by atoms with Gasteiger partial charge in [-0.1, -0.05) is 40.5 Å². The summed E-state index contributed by atoms with van der Waals surface area (Å²) in [5.74, 6) is 1.66. The highest BCUT2D eigenvalue weighted by molar-refractivity contribution is 6.34. The summed E-state index contributed by atoms with van der Waals surface area (Å²) in [5, 5.41) is 2.85. The minimum absolute atomic E-state index is 0.305. The minimum Gasteiger partial charge on any atom is -0.454 e. The summed E-state index contributed by atoms with van der Waals surface area (Å²) >= 11 is 0.815. The van der Waals surface area contributed by atoms with Crippen molar-refractivity contribution < 1.29 is 23.7 Å². The van der Waals surface area contributed by atoms with Gasteiger partial charge in [0.2, 0.25) is 6.79 Å². The van der Waals surface area contributed by atoms with E-state index >= 15 is 0 Å². The molecule has 1 aliphatic rings. The van der Waals surface area contributed by atoms with Gasteiger partial charge in [0.1, 0.15) is 0 Å². The lowest BCUT2D eigenvalue weighted by Crippen LogP contribution is -2.10. The van der Waals surface area contributed by atoms with Crippen molar-refractivity contribution in [2.45, 2.75) is 70.6 Å². The lowest BCUT2D eigenvalue weighted by Gasteiger charge is -2.11. The van der Waals surface area contributed by atoms with Crippen LogP contribution in [-0.2, 0) is 27.2 Å². The van der Waals surface area contributed by atoms with Crippen LogP contribution >= 0.6 is 0 Å². The molecule has 6 heteroatoms. The van der Waals surface area contributed by atoms with Gasteiger partial charge < -0.3 is 23.7 Å². The Hall–Kier alpha value is -0.768. The minimum atomic E-state index is 0.305. The fraction of sp³-hybridized carbons (Fsp3) is 0.739. The van der Waals surface area contributed by atoms with E-state index in [-0.39, 0.29) is 0 Å². The maximum atomic E-state index is 5.75. The number of benzene rings is 1. The van der Waals surface area contributed by atoms with E-state index in [2.05, 4.69) is 33.8 Å². The van der Waals surface area contributed by atoms with Gasteiger partial charge in [-0.3, -0.25) is 0 Å². The zero-order chi connectivity index (χ0) is 21.2. The fourth-order valence-electron chi connectivity index (χ4n) is 2.82. The molecule has 1 radical (unpaired) electrons. The molecule has 0 aliphatic carbocycles. The molecule has 0 unspecified atom stereocenters. The van der Waals surface area contributed by atoms with Gasteiger partial charge in [0, 0.05) is 6.61 Å². The summed E-state index contributed by atoms with van der Waals surface area (Å²) in [7, 11) is 0. The van der Waals surface area contributed by atoms with Gasteiger partial charge >= 0.3 is 0 Å². The third-order valence-corrected chi connectivity index (χ3v) is 5.59. The molecule has 0 saturated heterocycles. The Morgan fingerprint density at radius 3 is 1.90 bits per heavy atom. The highest BCUT2D eigenvalue weighted by atomic mass is 27.1. The summed E-state index contributed by atoms with van der Waals surface area (Å²) < 4.78 is 27.6. The quantitative estimate of drug-likeness (QED) is 0.284. The molecule has 165 valence electrons. The van der Waals surface area contributed by atoms with Crippen molar-refractivity contribution in [2.24, 2.45) is 0 Å². The topological polar surface area (TPSA) is 46.2 Å². The van der Waals surface area contributed by atoms with Crippen LogP contribution in [0.3, 0.4) is 0 Å². The molecule has 1 aromatic carbocycles. The lowest BCUT2D eigenvalue weighted by molar-refractivity contribution is 0.0101. The predicted octanol–water partition coefficient (Wildman–Crippen LogP) is 5.28. The normalized spacial score (nSPS) is 11.9. The first-order valence-electron chi connectivity index (χ1n) is 11.2. The van der Waals surface area contributed by atoms with Crippen molar-refractivity contribution >= 4 is 15.2 Å². The molecular weight excluding hydrogens is 383 g/mol. The van der Waals surface area contributed by atoms with Crippen LogP contribution < -0.4 is 9.47 Å². The largest absolute Gasteiger partial charge is 0.454 e. The maximum Gasteiger partial charge on any atom is 0.231 e. The Morgan fingerprint density at radius 2 is 1.34 bits per heavy atom. The van der Waals surface area contributed by atoms with Crippen molar-refractivity contribution in [3.05, 3.63) is 23.3 Å². The van der Waals surface area contributed by atoms with Crippen molar-refractivity contribution in [3.8, 4) is 11.5 Å². The first-order valence-corrected chi connectivity index (χ1v) is 12.9. The second-order valence-electron chi connectivity index (χ2n) is 6.96. The highest BCUT2D eigenvalue weighted by Gasteiger charge is 2.16. The van der Waals surface area contributed by atoms with Crippen LogP contribution in [-0.4, -0.2) is 55.0 Å². The van der Waals surface area contributed by atoms with E-state index in [9.17, 15) is 0 Å². The van der Waals surface area contributed by atoms with Gasteiger partial charge in [-0.25, -0.2) is 0 Å². The van der Waals surface area contributed by atoms with E-state index in [1.54, 1.807) is 0 Å². The second kappa shape index (κ2) is 18.0. The summed E-state index contributed by atoms with van der Waals surface area (Å²) in [6.07, 6.45) is 4.38. The first kappa shape index (κ1) is 26.3. The number of unbranched alkanes of at least 4 members (excludes halogenated alkanes) is 1. The highest BCUT2D eigenvalue weighted by Crippen LogP contribution is 2.35. The van der Waals surface area contributed by atoms with Gasteiger partial charge in [0.05, 0.1) is 33.0 Å². The van der Waals surface area contributed by atoms with Gasteiger partial charge in [-0.15, -0.1) is 10.6 Å². The van der Waals surface area contributed by atoms with Gasteiger partial charge in [-0.05, 0) is 36.1 Å². The average molecular weight is 424 g/mol. The molecular formula is C23H40AlO5. The average Bonchev–Trinajstić information content (AvgIpc) is 3.18. The zero-order valence-corrected chi connectivity index (χ0v) is 20.1. The third kappa shape index (κ3) is 11.9. The van der Waals surface area contributed by atoms with Crippen molar-refractivity contribution in [1.82, 2.24) is 0 Å². The Morgan fingerprint density at radius 1 is 0.759 bits per heavy atom. The molecule has 1 aliphatic heterocycles. The SMILES string of the molecule is CCCCOCCOCCOCc1cc2c(cc1CCC)OCO2.C[CH2][Al][CH2]C. The first-order chi connectivity index (χ1) is 14.3. The smallest absolute Gasteiger partial charge is 0.231 e. The van der Waals surface area contributed by atoms with Gasteiger partial charge in [-0.2, -0.15) is 0 Å². The molecule has 2 rings (SSSR count). The van der Waals surface area contributed by atoms with E-state index in [1.165, 1.54) is 21.7 Å². The Bertz CT molecular complexity index is 522. The zero-order valence-electron chi connectivity index (χ0n) is 19.0. The van der Waals surface area contributed by atoms with E-state index in [1.807, 2.05) is 6.07 Å². The van der Waals surface area contributed by atoms with E-state index in [0.29, 0.717) is 39.8 Å². The molecule has 0 N–H and O–H groups in total. The van der Waals surface area contributed by atoms with E-state index in [0.717, 1.165) is 59.0 Å². The van der Waals surface area contributed by atoms with Crippen LogP contribution in [0.1, 0.15) is 58.1 Å². The molecule has 0 atom stereocenters. The third-order valence-electron chi connectivity index (χ3n) is 4.44. The van der Waals surface area contributed by atoms with E-state index in [4.69, 9.17) is 23.7 Å². The van der Waals surface area contributed by atoms with Crippen LogP contribution in [0.5, 0.6) is 11.5 Å². The van der Waals surface area contributed by atoms with Crippen molar-refractivity contribution in [1.29, 1.82) is 0 Å². The molecule has 5 nitrogen and oxygen atoms in total. The number of rotatable bonds is 15. The summed E-state index contributed by atoms with van der Waals surface area (Å²) in [4.78, 5) is 0. The molecule has 1 aromatic rings. The number of hydrogen-bond donors (Lipinski definition) is 0. The second-order valence-corrected chi connectivity index (χ2v) is 9.17. The Kier molecular flexibility index (Phi) is 16.3. The molecule has 0 spiro atoms. The molecule has 1 heterocycles. The van der Waals surface area contributed by atoms with Crippen molar-refractivity contribution in [3.63, 3.8) is 0 Å². The van der Waals surface area contributed by atoms with Crippen LogP contribution in [0.25, 0.3) is 0 Å². The van der Waals surface area contributed by atoms with Gasteiger partial charge in [0.25, 0.3) is 0 Å². The number of fused-ring (bicyclic) bond motifs is 1. The summed E-state index contributed by atoms with van der Waals surface area (Å²) in [6.45, 7) is 13.0. The standard InChI is InChI=1S/C19H30O5.2C2H5.Al/c1-3-5-7-20-8-9-21-10-11-22-14-17-13-19-18(23-15-24-19)12-16(17)6-4-2;2*1-2;/h12-13H,3-11,14-15H2,1-2H3;2*1H2,2H3;. The molecule has 29 heavy (non-hydrogen) atoms. The predicted molar refractivity (Wildman–Crippen MR) is 119 cm³/mol. The number of hydrogen-bond acceptors (Lipinski definition) is 5. The van der Waals surface area contributed by atoms with Gasteiger partial charge in [0.15, 0.2) is 26.7 Å². The Labute approximate surface area is 184 Å². The monoisotopic (exact) mass is 423 g/mol. The molecule has 0 bridgehead atoms. The van der Waals surface area contributed by atoms with Crippen LogP contribution in [0, 0.1) is 0 Å². The molecule has 0 aromatic heterocycles. The number of aryl methyl sites for hydroxylation is 1. The van der Waals surface area contributed by atoms with Crippen LogP contribution in [0.2, 0.25) is 10.6 Å². The summed E-state index contributed by atoms with van der Waals surface area (Å²) in [5.41, 5.74) is 2.44. The Balaban J connectivity index is 0.000000749. The van der Waals surface area contributed by atoms with Crippen LogP contribution in [0.4, 0.5) is 0 Å². The maximum absolute atomic E-state index is 5.75. The fourth-order valence-corrected chi connectivity index (χ4v) is 3.40. The lowest BCUT2D eigenvalue weighted by atomic mass is 10.0. The summed E-state index contributed by atoms with van der Waals surface area (Å²) in [6, 6.07) is 4.12. The molecule has 0 fully saturated rings. The molecule has 0 amide bonds. The van der Waals surface area contributed by atoms with Crippen molar-refractivity contribution in [2.75, 3.05) is 39.8 Å².